The van der Waals surface area contributed by atoms with Crippen molar-refractivity contribution in [3.8, 4) is 0 Å². The fourth-order valence-corrected chi connectivity index (χ4v) is 1.60. The molecule has 1 aromatic heterocycles. The number of hydrogen-bond acceptors (Lipinski definition) is 4. The first-order chi connectivity index (χ1) is 9.39. The maximum atomic E-state index is 11.4. The van der Waals surface area contributed by atoms with E-state index in [0.717, 1.165) is 6.42 Å². The fraction of sp³-hybridized carbons (Fsp3) is 0.583. The van der Waals surface area contributed by atoms with Crippen LogP contribution in [0.2, 0.25) is 0 Å². The maximum Gasteiger partial charge on any atom is 0.314 e. The van der Waals surface area contributed by atoms with E-state index >= 15 is 0 Å². The molecule has 1 aromatic rings. The summed E-state index contributed by atoms with van der Waals surface area (Å²) in [6, 6.07) is 1.39. The number of amides is 2. The number of hydrogen-bond donors (Lipinski definition) is 4. The van der Waals surface area contributed by atoms with Crippen molar-refractivity contribution in [1.82, 2.24) is 20.4 Å². The summed E-state index contributed by atoms with van der Waals surface area (Å²) in [5.74, 6) is -1.11. The molecule has 1 unspecified atom stereocenters. The van der Waals surface area contributed by atoms with Crippen LogP contribution >= 0.6 is 0 Å². The van der Waals surface area contributed by atoms with Gasteiger partial charge in [0.2, 0.25) is 0 Å². The molecular formula is C12H20N4O4. The van der Waals surface area contributed by atoms with E-state index in [9.17, 15) is 14.7 Å². The molecule has 0 saturated heterocycles. The summed E-state index contributed by atoms with van der Waals surface area (Å²) >= 11 is 0. The van der Waals surface area contributed by atoms with Crippen molar-refractivity contribution >= 4 is 12.0 Å². The molecule has 1 heterocycles. The lowest BCUT2D eigenvalue weighted by molar-refractivity contribution is -0.141. The summed E-state index contributed by atoms with van der Waals surface area (Å²) in [6.45, 7) is 2.40. The summed E-state index contributed by atoms with van der Waals surface area (Å²) < 4.78 is 1.76. The van der Waals surface area contributed by atoms with E-state index < -0.39 is 24.0 Å². The van der Waals surface area contributed by atoms with Crippen LogP contribution in [-0.2, 0) is 11.3 Å². The molecule has 0 fully saturated rings. The highest BCUT2D eigenvalue weighted by Crippen LogP contribution is 2.06. The first-order valence-corrected chi connectivity index (χ1v) is 6.32. The Hall–Kier alpha value is -2.09. The number of aliphatic hydroxyl groups is 1. The Labute approximate surface area is 116 Å². The molecule has 4 N–H and O–H groups in total. The van der Waals surface area contributed by atoms with Gasteiger partial charge in [0.05, 0.1) is 12.0 Å². The first kappa shape index (κ1) is 16.0. The Morgan fingerprint density at radius 2 is 2.15 bits per heavy atom. The molecule has 20 heavy (non-hydrogen) atoms. The number of rotatable bonds is 8. The van der Waals surface area contributed by atoms with E-state index in [0.29, 0.717) is 13.1 Å². The summed E-state index contributed by atoms with van der Waals surface area (Å²) in [4.78, 5) is 21.9. The summed E-state index contributed by atoms with van der Waals surface area (Å²) in [6.07, 6.45) is 3.82. The monoisotopic (exact) mass is 284 g/mol. The van der Waals surface area contributed by atoms with Gasteiger partial charge in [-0.05, 0) is 19.4 Å². The average Bonchev–Trinajstić information content (AvgIpc) is 2.84. The Balaban J connectivity index is 2.12. The third-order valence-electron chi connectivity index (χ3n) is 2.57. The first-order valence-electron chi connectivity index (χ1n) is 6.32. The van der Waals surface area contributed by atoms with Crippen molar-refractivity contribution in [2.24, 2.45) is 0 Å². The standard InChI is InChI=1S/C12H20N4O4/c1-12(20,8-10(17)18)9-14-11(19)13-4-2-6-16-7-3-5-15-16/h3,5,7,20H,2,4,6,8-9H2,1H3,(H,17,18)(H2,13,14,19). The van der Waals surface area contributed by atoms with Gasteiger partial charge in [-0.25, -0.2) is 4.79 Å². The lowest BCUT2D eigenvalue weighted by atomic mass is 10.0. The highest BCUT2D eigenvalue weighted by Gasteiger charge is 2.24. The maximum absolute atomic E-state index is 11.4. The van der Waals surface area contributed by atoms with E-state index in [4.69, 9.17) is 5.11 Å². The van der Waals surface area contributed by atoms with Crippen LogP contribution in [0, 0.1) is 0 Å². The van der Waals surface area contributed by atoms with Crippen molar-refractivity contribution < 1.29 is 19.8 Å². The highest BCUT2D eigenvalue weighted by molar-refractivity contribution is 5.74. The van der Waals surface area contributed by atoms with Crippen LogP contribution in [0.25, 0.3) is 0 Å². The van der Waals surface area contributed by atoms with Crippen molar-refractivity contribution in [3.05, 3.63) is 18.5 Å². The third-order valence-corrected chi connectivity index (χ3v) is 2.57. The molecule has 8 heteroatoms. The summed E-state index contributed by atoms with van der Waals surface area (Å²) in [7, 11) is 0. The number of aromatic nitrogens is 2. The second kappa shape index (κ2) is 7.49. The Bertz CT molecular complexity index is 431. The molecular weight excluding hydrogens is 264 g/mol. The topological polar surface area (TPSA) is 116 Å². The van der Waals surface area contributed by atoms with Crippen LogP contribution in [0.1, 0.15) is 19.8 Å². The van der Waals surface area contributed by atoms with Crippen LogP contribution in [0.3, 0.4) is 0 Å². The van der Waals surface area contributed by atoms with E-state index in [1.807, 2.05) is 12.3 Å². The average molecular weight is 284 g/mol. The number of carbonyl (C=O) groups excluding carboxylic acids is 1. The van der Waals surface area contributed by atoms with Gasteiger partial charge in [-0.1, -0.05) is 0 Å². The minimum atomic E-state index is -1.46. The van der Waals surface area contributed by atoms with Gasteiger partial charge in [0.1, 0.15) is 0 Å². The fourth-order valence-electron chi connectivity index (χ4n) is 1.60. The van der Waals surface area contributed by atoms with E-state index in [2.05, 4.69) is 15.7 Å². The van der Waals surface area contributed by atoms with E-state index in [1.165, 1.54) is 6.92 Å². The van der Waals surface area contributed by atoms with Crippen molar-refractivity contribution in [2.75, 3.05) is 13.1 Å². The molecule has 1 rings (SSSR count). The smallest absolute Gasteiger partial charge is 0.314 e. The molecule has 0 spiro atoms. The predicted molar refractivity (Wildman–Crippen MR) is 71.1 cm³/mol. The number of nitrogens with zero attached hydrogens (tertiary/aromatic N) is 2. The molecule has 0 radical (unpaired) electrons. The quantitative estimate of drug-likeness (QED) is 0.493. The number of carbonyl (C=O) groups is 2. The van der Waals surface area contributed by atoms with Gasteiger partial charge in [0.25, 0.3) is 0 Å². The second-order valence-corrected chi connectivity index (χ2v) is 4.80. The van der Waals surface area contributed by atoms with Gasteiger partial charge in [-0.2, -0.15) is 5.10 Å². The van der Waals surface area contributed by atoms with Gasteiger partial charge in [-0.15, -0.1) is 0 Å². The number of carboxylic acids is 1. The second-order valence-electron chi connectivity index (χ2n) is 4.80. The zero-order valence-electron chi connectivity index (χ0n) is 11.4. The van der Waals surface area contributed by atoms with Crippen LogP contribution in [0.5, 0.6) is 0 Å². The number of carboxylic acid groups (broad SMARTS) is 1. The normalized spacial score (nSPS) is 13.5. The SMILES string of the molecule is CC(O)(CNC(=O)NCCCn1cccn1)CC(=O)O. The molecule has 0 aliphatic heterocycles. The lowest BCUT2D eigenvalue weighted by Gasteiger charge is -2.21. The molecule has 2 amide bonds. The molecule has 112 valence electrons. The Morgan fingerprint density at radius 1 is 1.40 bits per heavy atom. The molecule has 0 aromatic carbocycles. The molecule has 8 nitrogen and oxygen atoms in total. The molecule has 0 bridgehead atoms. The number of nitrogens with one attached hydrogen (secondary N) is 2. The van der Waals surface area contributed by atoms with Crippen molar-refractivity contribution in [1.29, 1.82) is 0 Å². The molecule has 0 saturated carbocycles. The van der Waals surface area contributed by atoms with Gasteiger partial charge in [0, 0.05) is 32.0 Å². The summed E-state index contributed by atoms with van der Waals surface area (Å²) in [5.41, 5.74) is -1.46. The third kappa shape index (κ3) is 6.74. The van der Waals surface area contributed by atoms with Crippen LogP contribution < -0.4 is 10.6 Å². The number of aryl methyl sites for hydroxylation is 1. The Kier molecular flexibility index (Phi) is 5.98. The van der Waals surface area contributed by atoms with Crippen LogP contribution in [0.4, 0.5) is 4.79 Å². The molecule has 0 aliphatic rings. The predicted octanol–water partition coefficient (Wildman–Crippen LogP) is -0.202. The van der Waals surface area contributed by atoms with Crippen LogP contribution in [0.15, 0.2) is 18.5 Å². The Morgan fingerprint density at radius 3 is 2.75 bits per heavy atom. The van der Waals surface area contributed by atoms with Gasteiger partial charge in [-0.3, -0.25) is 9.48 Å². The zero-order chi connectivity index (χ0) is 15.0. The summed E-state index contributed by atoms with van der Waals surface area (Å²) in [5, 5.41) is 27.4. The van der Waals surface area contributed by atoms with Gasteiger partial charge in [0.15, 0.2) is 0 Å². The van der Waals surface area contributed by atoms with Gasteiger partial charge >= 0.3 is 12.0 Å². The lowest BCUT2D eigenvalue weighted by Crippen LogP contribution is -2.46. The minimum absolute atomic E-state index is 0.121. The number of urea groups is 1. The largest absolute Gasteiger partial charge is 0.481 e. The highest BCUT2D eigenvalue weighted by atomic mass is 16.4. The van der Waals surface area contributed by atoms with E-state index in [-0.39, 0.29) is 6.54 Å². The van der Waals surface area contributed by atoms with Crippen molar-refractivity contribution in [3.63, 3.8) is 0 Å². The zero-order valence-corrected chi connectivity index (χ0v) is 11.4. The van der Waals surface area contributed by atoms with Crippen LogP contribution in [-0.4, -0.2) is 50.7 Å². The van der Waals surface area contributed by atoms with Crippen molar-refractivity contribution in [2.45, 2.75) is 31.9 Å². The van der Waals surface area contributed by atoms with Gasteiger partial charge < -0.3 is 20.8 Å². The van der Waals surface area contributed by atoms with E-state index in [1.54, 1.807) is 10.9 Å². The molecule has 0 aliphatic carbocycles. The molecule has 1 atom stereocenters. The minimum Gasteiger partial charge on any atom is -0.481 e. The number of aliphatic carboxylic acids is 1.